The van der Waals surface area contributed by atoms with Crippen LogP contribution >= 0.6 is 22.7 Å². The third-order valence-corrected chi connectivity index (χ3v) is 4.51. The van der Waals surface area contributed by atoms with E-state index in [1.165, 1.54) is 16.2 Å². The fourth-order valence-electron chi connectivity index (χ4n) is 1.56. The van der Waals surface area contributed by atoms with Crippen LogP contribution in [-0.2, 0) is 6.54 Å². The van der Waals surface area contributed by atoms with Crippen LogP contribution in [0, 0.1) is 0 Å². The minimum Gasteiger partial charge on any atom is -0.477 e. The maximum Gasteiger partial charge on any atom is 0.346 e. The molecular formula is C12H13NO2S2. The van der Waals surface area contributed by atoms with Crippen molar-refractivity contribution >= 4 is 28.6 Å². The third kappa shape index (κ3) is 2.94. The molecule has 0 radical (unpaired) electrons. The minimum absolute atomic E-state index is 0.247. The Labute approximate surface area is 108 Å². The molecule has 0 fully saturated rings. The van der Waals surface area contributed by atoms with E-state index >= 15 is 0 Å². The van der Waals surface area contributed by atoms with Crippen molar-refractivity contribution in [3.63, 3.8) is 0 Å². The highest BCUT2D eigenvalue weighted by Crippen LogP contribution is 2.21. The first-order valence-corrected chi connectivity index (χ1v) is 7.01. The van der Waals surface area contributed by atoms with Gasteiger partial charge in [0.2, 0.25) is 0 Å². The maximum atomic E-state index is 10.9. The van der Waals surface area contributed by atoms with Crippen LogP contribution < -0.4 is 5.32 Å². The fourth-order valence-corrected chi connectivity index (χ4v) is 3.08. The second-order valence-electron chi connectivity index (χ2n) is 3.70. The van der Waals surface area contributed by atoms with E-state index in [1.54, 1.807) is 11.3 Å². The Morgan fingerprint density at radius 1 is 1.41 bits per heavy atom. The molecule has 0 saturated heterocycles. The molecule has 0 bridgehead atoms. The summed E-state index contributed by atoms with van der Waals surface area (Å²) in [6, 6.07) is 6.21. The van der Waals surface area contributed by atoms with Crippen molar-refractivity contribution in [2.45, 2.75) is 19.5 Å². The average Bonchev–Trinajstić information content (AvgIpc) is 2.96. The van der Waals surface area contributed by atoms with Crippen molar-refractivity contribution in [3.8, 4) is 0 Å². The molecular weight excluding hydrogens is 254 g/mol. The largest absolute Gasteiger partial charge is 0.477 e. The highest BCUT2D eigenvalue weighted by atomic mass is 32.1. The summed E-state index contributed by atoms with van der Waals surface area (Å²) in [4.78, 5) is 12.6. The molecule has 17 heavy (non-hydrogen) atoms. The summed E-state index contributed by atoms with van der Waals surface area (Å²) in [5.41, 5.74) is 0.853. The van der Waals surface area contributed by atoms with Gasteiger partial charge in [-0.3, -0.25) is 0 Å². The van der Waals surface area contributed by atoms with E-state index in [0.717, 1.165) is 5.56 Å². The van der Waals surface area contributed by atoms with Gasteiger partial charge >= 0.3 is 5.97 Å². The summed E-state index contributed by atoms with van der Waals surface area (Å²) in [5.74, 6) is -0.847. The van der Waals surface area contributed by atoms with Gasteiger partial charge in [0, 0.05) is 17.5 Å². The molecule has 0 aliphatic rings. The molecule has 2 heterocycles. The number of hydrogen-bond donors (Lipinski definition) is 2. The molecule has 1 unspecified atom stereocenters. The smallest absolute Gasteiger partial charge is 0.346 e. The number of thiophene rings is 2. The molecule has 3 nitrogen and oxygen atoms in total. The maximum absolute atomic E-state index is 10.9. The van der Waals surface area contributed by atoms with E-state index in [4.69, 9.17) is 5.11 Å². The molecule has 0 amide bonds. The first-order valence-electron chi connectivity index (χ1n) is 5.25. The van der Waals surface area contributed by atoms with Crippen LogP contribution in [0.1, 0.15) is 33.1 Å². The van der Waals surface area contributed by atoms with Gasteiger partial charge in [-0.1, -0.05) is 6.07 Å². The van der Waals surface area contributed by atoms with Crippen molar-refractivity contribution in [1.29, 1.82) is 0 Å². The lowest BCUT2D eigenvalue weighted by atomic mass is 10.2. The normalized spacial score (nSPS) is 12.5. The van der Waals surface area contributed by atoms with Gasteiger partial charge in [-0.2, -0.15) is 0 Å². The fraction of sp³-hybridized carbons (Fsp3) is 0.250. The highest BCUT2D eigenvalue weighted by Gasteiger charge is 2.12. The van der Waals surface area contributed by atoms with Crippen LogP contribution in [0.3, 0.4) is 0 Å². The second-order valence-corrected chi connectivity index (χ2v) is 5.59. The molecule has 1 atom stereocenters. The summed E-state index contributed by atoms with van der Waals surface area (Å²) in [7, 11) is 0. The summed E-state index contributed by atoms with van der Waals surface area (Å²) >= 11 is 2.97. The number of carbonyl (C=O) groups is 1. The van der Waals surface area contributed by atoms with Crippen molar-refractivity contribution in [3.05, 3.63) is 44.3 Å². The van der Waals surface area contributed by atoms with Crippen LogP contribution in [0.25, 0.3) is 0 Å². The molecule has 90 valence electrons. The summed E-state index contributed by atoms with van der Waals surface area (Å²) in [5, 5.41) is 16.2. The van der Waals surface area contributed by atoms with Gasteiger partial charge in [-0.25, -0.2) is 4.79 Å². The molecule has 0 saturated carbocycles. The van der Waals surface area contributed by atoms with Gasteiger partial charge in [0.25, 0.3) is 0 Å². The lowest BCUT2D eigenvalue weighted by molar-refractivity contribution is 0.0701. The SMILES string of the molecule is CC(NCc1ccsc1C(=O)O)c1cccs1. The van der Waals surface area contributed by atoms with E-state index in [0.29, 0.717) is 11.4 Å². The van der Waals surface area contributed by atoms with E-state index in [-0.39, 0.29) is 6.04 Å². The number of carboxylic acid groups (broad SMARTS) is 1. The zero-order chi connectivity index (χ0) is 12.3. The summed E-state index contributed by atoms with van der Waals surface area (Å²) in [6.07, 6.45) is 0. The molecule has 2 rings (SSSR count). The lowest BCUT2D eigenvalue weighted by Gasteiger charge is -2.11. The van der Waals surface area contributed by atoms with Gasteiger partial charge in [-0.15, -0.1) is 22.7 Å². The van der Waals surface area contributed by atoms with Gasteiger partial charge in [0.05, 0.1) is 0 Å². The zero-order valence-electron chi connectivity index (χ0n) is 9.34. The zero-order valence-corrected chi connectivity index (χ0v) is 11.0. The van der Waals surface area contributed by atoms with Crippen LogP contribution in [0.15, 0.2) is 29.0 Å². The standard InChI is InChI=1S/C12H13NO2S2/c1-8(10-3-2-5-16-10)13-7-9-4-6-17-11(9)12(14)15/h2-6,8,13H,7H2,1H3,(H,14,15). The Morgan fingerprint density at radius 2 is 2.24 bits per heavy atom. The number of nitrogens with one attached hydrogen (secondary N) is 1. The predicted molar refractivity (Wildman–Crippen MR) is 70.9 cm³/mol. The second kappa shape index (κ2) is 5.44. The van der Waals surface area contributed by atoms with Crippen molar-refractivity contribution in [2.24, 2.45) is 0 Å². The highest BCUT2D eigenvalue weighted by molar-refractivity contribution is 7.12. The Bertz CT molecular complexity index is 490. The first-order chi connectivity index (χ1) is 8.18. The quantitative estimate of drug-likeness (QED) is 0.873. The lowest BCUT2D eigenvalue weighted by Crippen LogP contribution is -2.18. The Morgan fingerprint density at radius 3 is 2.88 bits per heavy atom. The van der Waals surface area contributed by atoms with Gasteiger partial charge in [0.15, 0.2) is 0 Å². The molecule has 0 aromatic carbocycles. The molecule has 2 N–H and O–H groups in total. The van der Waals surface area contributed by atoms with Crippen molar-refractivity contribution < 1.29 is 9.90 Å². The Balaban J connectivity index is 1.98. The van der Waals surface area contributed by atoms with E-state index in [9.17, 15) is 4.79 Å². The summed E-state index contributed by atoms with van der Waals surface area (Å²) in [6.45, 7) is 2.67. The number of hydrogen-bond acceptors (Lipinski definition) is 4. The number of carboxylic acids is 1. The summed E-state index contributed by atoms with van der Waals surface area (Å²) < 4.78 is 0. The van der Waals surface area contributed by atoms with Gasteiger partial charge in [0.1, 0.15) is 4.88 Å². The molecule has 5 heteroatoms. The predicted octanol–water partition coefficient (Wildman–Crippen LogP) is 3.36. The third-order valence-electron chi connectivity index (χ3n) is 2.51. The topological polar surface area (TPSA) is 49.3 Å². The average molecular weight is 267 g/mol. The Hall–Kier alpha value is -1.17. The van der Waals surface area contributed by atoms with Crippen LogP contribution in [-0.4, -0.2) is 11.1 Å². The molecule has 2 aromatic heterocycles. The first kappa shape index (κ1) is 12.3. The molecule has 0 aliphatic heterocycles. The minimum atomic E-state index is -0.847. The van der Waals surface area contributed by atoms with Crippen molar-refractivity contribution in [2.75, 3.05) is 0 Å². The van der Waals surface area contributed by atoms with Crippen LogP contribution in [0.2, 0.25) is 0 Å². The monoisotopic (exact) mass is 267 g/mol. The van der Waals surface area contributed by atoms with Gasteiger partial charge in [-0.05, 0) is 35.4 Å². The Kier molecular flexibility index (Phi) is 3.93. The molecule has 0 aliphatic carbocycles. The van der Waals surface area contributed by atoms with E-state index in [1.807, 2.05) is 22.9 Å². The number of rotatable bonds is 5. The van der Waals surface area contributed by atoms with Crippen molar-refractivity contribution in [1.82, 2.24) is 5.32 Å². The number of aromatic carboxylic acids is 1. The van der Waals surface area contributed by atoms with E-state index < -0.39 is 5.97 Å². The molecule has 0 spiro atoms. The molecule has 2 aromatic rings. The van der Waals surface area contributed by atoms with Crippen LogP contribution in [0.5, 0.6) is 0 Å². The van der Waals surface area contributed by atoms with Crippen LogP contribution in [0.4, 0.5) is 0 Å². The van der Waals surface area contributed by atoms with E-state index in [2.05, 4.69) is 18.3 Å². The van der Waals surface area contributed by atoms with Gasteiger partial charge < -0.3 is 10.4 Å².